The van der Waals surface area contributed by atoms with Crippen molar-refractivity contribution in [3.63, 3.8) is 0 Å². The number of anilines is 1. The van der Waals surface area contributed by atoms with Crippen LogP contribution in [0.3, 0.4) is 0 Å². The predicted molar refractivity (Wildman–Crippen MR) is 145 cm³/mol. The molecule has 2 aromatic heterocycles. The van der Waals surface area contributed by atoms with Gasteiger partial charge in [-0.25, -0.2) is 17.8 Å². The van der Waals surface area contributed by atoms with Crippen molar-refractivity contribution in [2.24, 2.45) is 0 Å². The third-order valence-electron chi connectivity index (χ3n) is 6.41. The summed E-state index contributed by atoms with van der Waals surface area (Å²) in [6.07, 6.45) is 4.13. The Morgan fingerprint density at radius 3 is 2.48 bits per heavy atom. The van der Waals surface area contributed by atoms with Gasteiger partial charge in [-0.05, 0) is 48.2 Å². The third kappa shape index (κ3) is 7.94. The van der Waals surface area contributed by atoms with Gasteiger partial charge in [0.05, 0.1) is 17.9 Å². The number of amides is 1. The molecule has 0 radical (unpaired) electrons. The smallest absolute Gasteiger partial charge is 0.351 e. The molecule has 1 unspecified atom stereocenters. The van der Waals surface area contributed by atoms with Crippen molar-refractivity contribution in [2.45, 2.75) is 61.0 Å². The van der Waals surface area contributed by atoms with Crippen molar-refractivity contribution in [1.29, 1.82) is 0 Å². The molecule has 1 aromatic carbocycles. The molecule has 1 aliphatic carbocycles. The number of nitrogens with zero attached hydrogens (tertiary/aromatic N) is 2. The summed E-state index contributed by atoms with van der Waals surface area (Å²) in [7, 11) is -3.73. The number of carbonyl (C=O) groups is 1. The van der Waals surface area contributed by atoms with E-state index in [0.29, 0.717) is 11.1 Å². The molecule has 1 aliphatic rings. The van der Waals surface area contributed by atoms with Gasteiger partial charge in [0, 0.05) is 29.8 Å². The molecule has 4 rings (SSSR count). The third-order valence-corrected chi connectivity index (χ3v) is 8.39. The summed E-state index contributed by atoms with van der Waals surface area (Å²) in [6.45, 7) is -0.0913. The molecule has 40 heavy (non-hydrogen) atoms. The Balaban J connectivity index is 1.60. The lowest BCUT2D eigenvalue weighted by molar-refractivity contribution is -0.141. The molecule has 2 N–H and O–H groups in total. The zero-order valence-corrected chi connectivity index (χ0v) is 23.2. The summed E-state index contributed by atoms with van der Waals surface area (Å²) in [6, 6.07) is 9.19. The highest BCUT2D eigenvalue weighted by Gasteiger charge is 2.33. The first-order valence-corrected chi connectivity index (χ1v) is 15.4. The molecule has 3 aromatic rings. The van der Waals surface area contributed by atoms with Gasteiger partial charge in [-0.1, -0.05) is 37.5 Å². The van der Waals surface area contributed by atoms with E-state index in [4.69, 9.17) is 0 Å². The zero-order chi connectivity index (χ0) is 28.9. The first-order valence-electron chi connectivity index (χ1n) is 12.6. The van der Waals surface area contributed by atoms with Crippen LogP contribution >= 0.6 is 11.8 Å². The molecule has 0 saturated heterocycles. The minimum Gasteiger partial charge on any atom is -0.351 e. The second-order valence-corrected chi connectivity index (χ2v) is 12.6. The number of aromatic nitrogens is 2. The quantitative estimate of drug-likeness (QED) is 0.299. The van der Waals surface area contributed by atoms with Crippen LogP contribution in [-0.4, -0.2) is 35.8 Å². The van der Waals surface area contributed by atoms with Crippen LogP contribution in [0.2, 0.25) is 0 Å². The second-order valence-electron chi connectivity index (χ2n) is 9.59. The minimum absolute atomic E-state index is 0.0913. The van der Waals surface area contributed by atoms with Crippen molar-refractivity contribution in [1.82, 2.24) is 15.3 Å². The van der Waals surface area contributed by atoms with Crippen LogP contribution in [0.5, 0.6) is 0 Å². The molecule has 1 saturated carbocycles. The Kier molecular flexibility index (Phi) is 9.34. The van der Waals surface area contributed by atoms with Crippen LogP contribution in [0.25, 0.3) is 0 Å². The van der Waals surface area contributed by atoms with Gasteiger partial charge in [0.15, 0.2) is 0 Å². The lowest BCUT2D eigenvalue weighted by Gasteiger charge is -2.23. The highest BCUT2D eigenvalue weighted by molar-refractivity contribution is 7.99. The number of sulfonamides is 1. The Hall–Kier alpha value is -3.19. The first-order chi connectivity index (χ1) is 18.9. The summed E-state index contributed by atoms with van der Waals surface area (Å²) < 4.78 is 80.2. The Labute approximate surface area is 234 Å². The number of rotatable bonds is 9. The van der Waals surface area contributed by atoms with Crippen molar-refractivity contribution in [3.05, 3.63) is 83.1 Å². The van der Waals surface area contributed by atoms with E-state index in [-0.39, 0.29) is 28.1 Å². The summed E-state index contributed by atoms with van der Waals surface area (Å²) in [5, 5.41) is 3.14. The van der Waals surface area contributed by atoms with E-state index in [1.807, 2.05) is 0 Å². The van der Waals surface area contributed by atoms with Gasteiger partial charge in [0.2, 0.25) is 15.9 Å². The van der Waals surface area contributed by atoms with Crippen molar-refractivity contribution in [3.8, 4) is 0 Å². The lowest BCUT2D eigenvalue weighted by atomic mass is 9.91. The average molecular weight is 597 g/mol. The fourth-order valence-corrected chi connectivity index (χ4v) is 6.42. The van der Waals surface area contributed by atoms with Gasteiger partial charge in [0.1, 0.15) is 16.5 Å². The van der Waals surface area contributed by atoms with Crippen LogP contribution in [0, 0.1) is 5.82 Å². The van der Waals surface area contributed by atoms with E-state index in [9.17, 15) is 30.8 Å². The highest BCUT2D eigenvalue weighted by Crippen LogP contribution is 2.37. The largest absolute Gasteiger partial charge is 0.433 e. The van der Waals surface area contributed by atoms with E-state index in [1.54, 1.807) is 12.1 Å². The van der Waals surface area contributed by atoms with E-state index in [1.165, 1.54) is 42.4 Å². The van der Waals surface area contributed by atoms with Crippen molar-refractivity contribution < 1.29 is 30.8 Å². The molecule has 7 nitrogen and oxygen atoms in total. The maximum absolute atomic E-state index is 14.8. The summed E-state index contributed by atoms with van der Waals surface area (Å²) in [4.78, 5) is 21.4. The Bertz CT molecular complexity index is 1450. The molecule has 2 heterocycles. The van der Waals surface area contributed by atoms with Crippen LogP contribution in [0.4, 0.5) is 23.2 Å². The number of halogens is 4. The molecule has 1 atom stereocenters. The van der Waals surface area contributed by atoms with Gasteiger partial charge in [-0.2, -0.15) is 13.2 Å². The molecule has 1 amide bonds. The summed E-state index contributed by atoms with van der Waals surface area (Å²) in [5.74, 6) is -2.43. The maximum Gasteiger partial charge on any atom is 0.433 e. The van der Waals surface area contributed by atoms with Crippen LogP contribution < -0.4 is 10.0 Å². The van der Waals surface area contributed by atoms with Gasteiger partial charge in [-0.15, -0.1) is 11.8 Å². The van der Waals surface area contributed by atoms with Gasteiger partial charge < -0.3 is 5.32 Å². The number of hydrogen-bond acceptors (Lipinski definition) is 6. The number of benzene rings is 1. The maximum atomic E-state index is 14.8. The van der Waals surface area contributed by atoms with E-state index in [0.717, 1.165) is 50.5 Å². The summed E-state index contributed by atoms with van der Waals surface area (Å²) >= 11 is 1.30. The Morgan fingerprint density at radius 2 is 1.85 bits per heavy atom. The van der Waals surface area contributed by atoms with E-state index < -0.39 is 39.5 Å². The standard InChI is InChI=1S/C27H28F4N4O3S2/c1-40(37,38)35-22-11-9-17(14-21(22)28)24(18-6-5-13-32-15-18)25(36)33-16-19-10-12-23(27(29,30)31)34-26(19)39-20-7-3-2-4-8-20/h5-6,9-15,20,24,35H,2-4,7-8,16H2,1H3,(H,33,36). The molecular formula is C27H28F4N4O3S2. The Morgan fingerprint density at radius 1 is 1.10 bits per heavy atom. The second kappa shape index (κ2) is 12.5. The number of alkyl halides is 3. The number of thioether (sulfide) groups is 1. The molecule has 0 aliphatic heterocycles. The van der Waals surface area contributed by atoms with E-state index in [2.05, 4.69) is 20.0 Å². The SMILES string of the molecule is CS(=O)(=O)Nc1ccc(C(C(=O)NCc2ccc(C(F)(F)F)nc2SC2CCCCC2)c2cccnc2)cc1F. The highest BCUT2D eigenvalue weighted by atomic mass is 32.2. The van der Waals surface area contributed by atoms with Crippen molar-refractivity contribution >= 4 is 33.4 Å². The van der Waals surface area contributed by atoms with Crippen molar-refractivity contribution in [2.75, 3.05) is 11.0 Å². The molecule has 13 heteroatoms. The number of hydrogen-bond donors (Lipinski definition) is 2. The van der Waals surface area contributed by atoms with Gasteiger partial charge >= 0.3 is 6.18 Å². The molecular weight excluding hydrogens is 568 g/mol. The van der Waals surface area contributed by atoms with Crippen LogP contribution in [0.1, 0.15) is 60.4 Å². The zero-order valence-electron chi connectivity index (χ0n) is 21.5. The molecule has 1 fully saturated rings. The predicted octanol–water partition coefficient (Wildman–Crippen LogP) is 5.88. The summed E-state index contributed by atoms with van der Waals surface area (Å²) in [5.41, 5.74) is -0.125. The monoisotopic (exact) mass is 596 g/mol. The van der Waals surface area contributed by atoms with Crippen LogP contribution in [-0.2, 0) is 27.5 Å². The van der Waals surface area contributed by atoms with Gasteiger partial charge in [0.25, 0.3) is 0 Å². The van der Waals surface area contributed by atoms with E-state index >= 15 is 0 Å². The van der Waals surface area contributed by atoms with Gasteiger partial charge in [-0.3, -0.25) is 14.5 Å². The topological polar surface area (TPSA) is 101 Å². The molecule has 214 valence electrons. The number of carbonyl (C=O) groups excluding carboxylic acids is 1. The molecule has 0 spiro atoms. The minimum atomic E-state index is -4.60. The number of pyridine rings is 2. The first kappa shape index (κ1) is 29.8. The van der Waals surface area contributed by atoms with Crippen LogP contribution in [0.15, 0.2) is 59.9 Å². The number of nitrogens with one attached hydrogen (secondary N) is 2. The normalized spacial score (nSPS) is 15.4. The fourth-order valence-electron chi connectivity index (χ4n) is 4.52. The lowest BCUT2D eigenvalue weighted by Crippen LogP contribution is -2.30. The fraction of sp³-hybridized carbons (Fsp3) is 0.370. The molecule has 0 bridgehead atoms. The average Bonchev–Trinajstić information content (AvgIpc) is 2.89.